The topological polar surface area (TPSA) is 96.4 Å². The van der Waals surface area contributed by atoms with Gasteiger partial charge in [-0.15, -0.1) is 0 Å². The van der Waals surface area contributed by atoms with E-state index in [1.54, 1.807) is 7.11 Å². The predicted molar refractivity (Wildman–Crippen MR) is 78.9 cm³/mol. The molecule has 1 aromatic rings. The monoisotopic (exact) mass is 307 g/mol. The van der Waals surface area contributed by atoms with Gasteiger partial charge in [-0.25, -0.2) is 8.42 Å². The van der Waals surface area contributed by atoms with Gasteiger partial charge in [0.05, 0.1) is 23.9 Å². The summed E-state index contributed by atoms with van der Waals surface area (Å²) < 4.78 is 31.6. The van der Waals surface area contributed by atoms with E-state index < -0.39 is 10.0 Å². The summed E-state index contributed by atoms with van der Waals surface area (Å²) in [6.07, 6.45) is 2.51. The van der Waals surface area contributed by atoms with Crippen LogP contribution < -0.4 is 5.73 Å². The van der Waals surface area contributed by atoms with E-state index in [-0.39, 0.29) is 10.6 Å². The number of nitrogens with zero attached hydrogens (tertiary/aromatic N) is 2. The molecule has 0 bridgehead atoms. The van der Waals surface area contributed by atoms with Crippen molar-refractivity contribution in [3.05, 3.63) is 35.4 Å². The number of nitrogen functional groups attached to an aromatic ring is 1. The van der Waals surface area contributed by atoms with Gasteiger partial charge in [-0.2, -0.15) is 9.57 Å². The van der Waals surface area contributed by atoms with E-state index in [0.717, 1.165) is 5.57 Å². The van der Waals surface area contributed by atoms with E-state index >= 15 is 0 Å². The first-order chi connectivity index (χ1) is 9.98. The molecule has 0 radical (unpaired) electrons. The molecule has 2 N–H and O–H groups in total. The van der Waals surface area contributed by atoms with Gasteiger partial charge in [0.15, 0.2) is 0 Å². The molecule has 1 aromatic carbocycles. The van der Waals surface area contributed by atoms with Gasteiger partial charge in [0, 0.05) is 20.2 Å². The number of hydrogen-bond acceptors (Lipinski definition) is 5. The summed E-state index contributed by atoms with van der Waals surface area (Å²) in [4.78, 5) is 0.0464. The first-order valence-electron chi connectivity index (χ1n) is 6.45. The molecule has 0 aromatic heterocycles. The summed E-state index contributed by atoms with van der Waals surface area (Å²) in [7, 11) is -2.03. The maximum absolute atomic E-state index is 12.6. The number of sulfonamides is 1. The molecule has 21 heavy (non-hydrogen) atoms. The van der Waals surface area contributed by atoms with Crippen LogP contribution >= 0.6 is 0 Å². The van der Waals surface area contributed by atoms with Crippen LogP contribution in [0.1, 0.15) is 12.0 Å². The van der Waals surface area contributed by atoms with E-state index in [1.165, 1.54) is 22.5 Å². The van der Waals surface area contributed by atoms with E-state index in [0.29, 0.717) is 31.7 Å². The lowest BCUT2D eigenvalue weighted by Gasteiger charge is -2.26. The zero-order valence-electron chi connectivity index (χ0n) is 11.7. The molecule has 0 atom stereocenters. The second kappa shape index (κ2) is 6.26. The Morgan fingerprint density at radius 3 is 2.76 bits per heavy atom. The zero-order valence-corrected chi connectivity index (χ0v) is 12.6. The minimum absolute atomic E-state index is 0.0464. The second-order valence-electron chi connectivity index (χ2n) is 4.77. The average Bonchev–Trinajstić information content (AvgIpc) is 2.47. The number of rotatable bonds is 4. The van der Waals surface area contributed by atoms with Crippen molar-refractivity contribution in [2.45, 2.75) is 11.3 Å². The fourth-order valence-corrected chi connectivity index (χ4v) is 3.70. The third-order valence-corrected chi connectivity index (χ3v) is 5.29. The highest BCUT2D eigenvalue weighted by molar-refractivity contribution is 7.89. The number of methoxy groups -OCH3 is 1. The van der Waals surface area contributed by atoms with E-state index in [4.69, 9.17) is 15.7 Å². The minimum Gasteiger partial charge on any atom is -0.398 e. The molecular formula is C14H17N3O3S. The largest absolute Gasteiger partial charge is 0.398 e. The Kier molecular flexibility index (Phi) is 4.63. The Balaban J connectivity index is 2.26. The van der Waals surface area contributed by atoms with Gasteiger partial charge in [0.2, 0.25) is 10.0 Å². The van der Waals surface area contributed by atoms with E-state index in [9.17, 15) is 8.42 Å². The van der Waals surface area contributed by atoms with Gasteiger partial charge in [-0.3, -0.25) is 0 Å². The molecule has 0 saturated heterocycles. The Morgan fingerprint density at radius 1 is 1.48 bits per heavy atom. The summed E-state index contributed by atoms with van der Waals surface area (Å²) in [6, 6.07) is 6.16. The lowest BCUT2D eigenvalue weighted by Crippen LogP contribution is -2.35. The van der Waals surface area contributed by atoms with Crippen molar-refractivity contribution in [3.8, 4) is 6.07 Å². The van der Waals surface area contributed by atoms with Gasteiger partial charge in [-0.05, 0) is 30.2 Å². The van der Waals surface area contributed by atoms with E-state index in [2.05, 4.69) is 0 Å². The first-order valence-corrected chi connectivity index (χ1v) is 7.89. The fraction of sp³-hybridized carbons (Fsp3) is 0.357. The van der Waals surface area contributed by atoms with Crippen molar-refractivity contribution >= 4 is 15.7 Å². The predicted octanol–water partition coefficient (Wildman–Crippen LogP) is 1.11. The fourth-order valence-electron chi connectivity index (χ4n) is 2.22. The lowest BCUT2D eigenvalue weighted by atomic mass is 10.1. The third-order valence-electron chi connectivity index (χ3n) is 3.35. The molecular weight excluding hydrogens is 290 g/mol. The van der Waals surface area contributed by atoms with Crippen LogP contribution in [0, 0.1) is 11.3 Å². The molecule has 7 heteroatoms. The molecule has 1 heterocycles. The van der Waals surface area contributed by atoms with Crippen molar-refractivity contribution in [3.63, 3.8) is 0 Å². The second-order valence-corrected chi connectivity index (χ2v) is 6.68. The average molecular weight is 307 g/mol. The summed E-state index contributed by atoms with van der Waals surface area (Å²) in [5.74, 6) is 0. The molecule has 6 nitrogen and oxygen atoms in total. The standard InChI is InChI=1S/C14H17N3O3S/c1-20-10-11-4-6-17(7-5-11)21(18,19)14-3-2-12(9-15)8-13(14)16/h2-4,8H,5-7,10,16H2,1H3. The van der Waals surface area contributed by atoms with Gasteiger partial charge < -0.3 is 10.5 Å². The summed E-state index contributed by atoms with van der Waals surface area (Å²) in [5, 5.41) is 8.80. The third kappa shape index (κ3) is 3.24. The summed E-state index contributed by atoms with van der Waals surface area (Å²) >= 11 is 0. The number of nitrogens with two attached hydrogens (primary N) is 1. The smallest absolute Gasteiger partial charge is 0.245 e. The Hall–Kier alpha value is -1.88. The molecule has 112 valence electrons. The van der Waals surface area contributed by atoms with Gasteiger partial charge >= 0.3 is 0 Å². The molecule has 0 fully saturated rings. The van der Waals surface area contributed by atoms with Crippen molar-refractivity contribution in [1.82, 2.24) is 4.31 Å². The highest BCUT2D eigenvalue weighted by Gasteiger charge is 2.27. The van der Waals surface area contributed by atoms with Crippen LogP contribution in [-0.2, 0) is 14.8 Å². The molecule has 0 amide bonds. The highest BCUT2D eigenvalue weighted by Crippen LogP contribution is 2.25. The quantitative estimate of drug-likeness (QED) is 0.664. The van der Waals surface area contributed by atoms with Gasteiger partial charge in [0.25, 0.3) is 0 Å². The van der Waals surface area contributed by atoms with Gasteiger partial charge in [-0.1, -0.05) is 6.08 Å². The van der Waals surface area contributed by atoms with Crippen LogP contribution in [0.2, 0.25) is 0 Å². The molecule has 1 aliphatic rings. The Labute approximate surface area is 124 Å². The van der Waals surface area contributed by atoms with Crippen LogP contribution in [-0.4, -0.2) is 39.5 Å². The number of benzene rings is 1. The van der Waals surface area contributed by atoms with Crippen molar-refractivity contribution in [2.24, 2.45) is 0 Å². The number of nitriles is 1. The summed E-state index contributed by atoms with van der Waals surface area (Å²) in [5.41, 5.74) is 7.30. The maximum atomic E-state index is 12.6. The van der Waals surface area contributed by atoms with Crippen molar-refractivity contribution in [1.29, 1.82) is 5.26 Å². The zero-order chi connectivity index (χ0) is 15.5. The van der Waals surface area contributed by atoms with Gasteiger partial charge in [0.1, 0.15) is 4.90 Å². The van der Waals surface area contributed by atoms with Crippen LogP contribution in [0.15, 0.2) is 34.7 Å². The first kappa shape index (κ1) is 15.5. The van der Waals surface area contributed by atoms with Crippen LogP contribution in [0.25, 0.3) is 0 Å². The molecule has 1 aliphatic heterocycles. The molecule has 0 unspecified atom stereocenters. The SMILES string of the molecule is COCC1=CCN(S(=O)(=O)c2ccc(C#N)cc2N)CC1. The number of ether oxygens (including phenoxy) is 1. The lowest BCUT2D eigenvalue weighted by molar-refractivity contribution is 0.219. The maximum Gasteiger partial charge on any atom is 0.245 e. The molecule has 0 aliphatic carbocycles. The van der Waals surface area contributed by atoms with Crippen molar-refractivity contribution < 1.29 is 13.2 Å². The van der Waals surface area contributed by atoms with Crippen molar-refractivity contribution in [2.75, 3.05) is 32.5 Å². The Morgan fingerprint density at radius 2 is 2.24 bits per heavy atom. The van der Waals surface area contributed by atoms with Crippen LogP contribution in [0.3, 0.4) is 0 Å². The number of anilines is 1. The number of hydrogen-bond donors (Lipinski definition) is 1. The van der Waals surface area contributed by atoms with Crippen LogP contribution in [0.4, 0.5) is 5.69 Å². The molecule has 2 rings (SSSR count). The minimum atomic E-state index is -3.64. The molecule has 0 saturated carbocycles. The normalized spacial score (nSPS) is 16.3. The van der Waals surface area contributed by atoms with Crippen LogP contribution in [0.5, 0.6) is 0 Å². The highest BCUT2D eigenvalue weighted by atomic mass is 32.2. The Bertz CT molecular complexity index is 705. The van der Waals surface area contributed by atoms with E-state index in [1.807, 2.05) is 12.1 Å². The summed E-state index contributed by atoms with van der Waals surface area (Å²) in [6.45, 7) is 1.23. The molecule has 0 spiro atoms.